The number of aromatic nitrogens is 2. The number of carbonyl (C=O) groups excluding carboxylic acids is 1. The fourth-order valence-corrected chi connectivity index (χ4v) is 4.70. The van der Waals surface area contributed by atoms with Crippen molar-refractivity contribution in [3.05, 3.63) is 89.2 Å². The maximum Gasteiger partial charge on any atom is 0.262 e. The number of carbonyl (C=O) groups is 1. The van der Waals surface area contributed by atoms with Crippen molar-refractivity contribution in [2.45, 2.75) is 43.6 Å². The van der Waals surface area contributed by atoms with Gasteiger partial charge in [0.25, 0.3) is 5.56 Å². The summed E-state index contributed by atoms with van der Waals surface area (Å²) < 4.78 is 1.72. The second-order valence-electron chi connectivity index (χ2n) is 8.00. The Balaban J connectivity index is 1.63. The van der Waals surface area contributed by atoms with Gasteiger partial charge in [0, 0.05) is 17.3 Å². The third kappa shape index (κ3) is 4.86. The molecule has 0 saturated carbocycles. The van der Waals surface area contributed by atoms with Crippen LogP contribution in [0.1, 0.15) is 33.2 Å². The molecule has 1 heterocycles. The fraction of sp³-hybridized carbons (Fsp3) is 0.222. The largest absolute Gasteiger partial charge is 0.325 e. The summed E-state index contributed by atoms with van der Waals surface area (Å²) in [5, 5.41) is 3.78. The van der Waals surface area contributed by atoms with E-state index in [4.69, 9.17) is 4.98 Å². The number of para-hydroxylation sites is 2. The van der Waals surface area contributed by atoms with E-state index in [0.717, 1.165) is 23.2 Å². The predicted octanol–water partition coefficient (Wildman–Crippen LogP) is 6.15. The Morgan fingerprint density at radius 2 is 1.64 bits per heavy atom. The van der Waals surface area contributed by atoms with Gasteiger partial charge in [0.15, 0.2) is 5.16 Å². The first-order valence-corrected chi connectivity index (χ1v) is 12.0. The number of benzene rings is 3. The van der Waals surface area contributed by atoms with E-state index in [2.05, 4.69) is 5.32 Å². The van der Waals surface area contributed by atoms with Gasteiger partial charge in [-0.3, -0.25) is 14.2 Å². The lowest BCUT2D eigenvalue weighted by Crippen LogP contribution is -2.28. The predicted molar refractivity (Wildman–Crippen MR) is 137 cm³/mol. The van der Waals surface area contributed by atoms with E-state index in [1.807, 2.05) is 93.6 Å². The highest BCUT2D eigenvalue weighted by Gasteiger charge is 2.22. The first kappa shape index (κ1) is 22.8. The molecule has 1 aromatic heterocycles. The van der Waals surface area contributed by atoms with Gasteiger partial charge < -0.3 is 5.32 Å². The minimum Gasteiger partial charge on any atom is -0.325 e. The number of fused-ring (bicyclic) bond motifs is 1. The molecule has 1 amide bonds. The molecule has 168 valence electrons. The molecule has 4 rings (SSSR count). The van der Waals surface area contributed by atoms with E-state index in [-0.39, 0.29) is 17.5 Å². The number of anilines is 1. The molecule has 0 aliphatic heterocycles. The van der Waals surface area contributed by atoms with Gasteiger partial charge >= 0.3 is 0 Å². The Morgan fingerprint density at radius 1 is 0.970 bits per heavy atom. The summed E-state index contributed by atoms with van der Waals surface area (Å²) >= 11 is 1.31. The topological polar surface area (TPSA) is 64.0 Å². The number of amides is 1. The Hall–Kier alpha value is -3.38. The van der Waals surface area contributed by atoms with Crippen LogP contribution in [0.15, 0.2) is 88.8 Å². The number of thioether (sulfide) groups is 1. The molecular formula is C27H27N3O2S. The number of nitrogens with one attached hydrogen (secondary N) is 1. The van der Waals surface area contributed by atoms with Crippen molar-refractivity contribution >= 4 is 34.3 Å². The van der Waals surface area contributed by atoms with Crippen LogP contribution in [0.25, 0.3) is 22.0 Å². The molecule has 3 aromatic carbocycles. The standard InChI is InChI=1S/C27H27N3O2S/c1-4-18(2)30-26(32)22-15-9-11-17-24(22)29-27(30)33-19(3)25(31)28-23-16-10-8-14-21(23)20-12-6-5-7-13-20/h5-19H,4H2,1-3H3,(H,28,31)/t18-,19+/m0/s1. The minimum absolute atomic E-state index is 0.0221. The molecular weight excluding hydrogens is 430 g/mol. The Morgan fingerprint density at radius 3 is 2.39 bits per heavy atom. The summed E-state index contributed by atoms with van der Waals surface area (Å²) in [6, 6.07) is 25.1. The first-order chi connectivity index (χ1) is 16.0. The van der Waals surface area contributed by atoms with Gasteiger partial charge in [-0.25, -0.2) is 4.98 Å². The van der Waals surface area contributed by atoms with Gasteiger partial charge in [-0.05, 0) is 44.0 Å². The van der Waals surface area contributed by atoms with Crippen LogP contribution in [0.5, 0.6) is 0 Å². The lowest BCUT2D eigenvalue weighted by atomic mass is 10.0. The van der Waals surface area contributed by atoms with Gasteiger partial charge in [0.1, 0.15) is 0 Å². The molecule has 0 radical (unpaired) electrons. The van der Waals surface area contributed by atoms with Crippen molar-refractivity contribution in [2.24, 2.45) is 0 Å². The summed E-state index contributed by atoms with van der Waals surface area (Å²) in [4.78, 5) is 31.1. The van der Waals surface area contributed by atoms with Crippen LogP contribution >= 0.6 is 11.8 Å². The highest BCUT2D eigenvalue weighted by Crippen LogP contribution is 2.30. The van der Waals surface area contributed by atoms with Gasteiger partial charge in [-0.2, -0.15) is 0 Å². The lowest BCUT2D eigenvalue weighted by molar-refractivity contribution is -0.115. The zero-order valence-corrected chi connectivity index (χ0v) is 19.8. The zero-order chi connectivity index (χ0) is 23.4. The average molecular weight is 458 g/mol. The van der Waals surface area contributed by atoms with Crippen LogP contribution in [0.3, 0.4) is 0 Å². The SMILES string of the molecule is CC[C@H](C)n1c(S[C@H](C)C(=O)Nc2ccccc2-c2ccccc2)nc2ccccc2c1=O. The Kier molecular flexibility index (Phi) is 6.94. The second-order valence-corrected chi connectivity index (χ2v) is 9.31. The summed E-state index contributed by atoms with van der Waals surface area (Å²) in [5.41, 5.74) is 3.33. The third-order valence-corrected chi connectivity index (χ3v) is 6.79. The van der Waals surface area contributed by atoms with E-state index in [0.29, 0.717) is 16.1 Å². The number of rotatable bonds is 7. The van der Waals surface area contributed by atoms with Crippen LogP contribution in [0.4, 0.5) is 5.69 Å². The van der Waals surface area contributed by atoms with Crippen LogP contribution in [0.2, 0.25) is 0 Å². The fourth-order valence-electron chi connectivity index (χ4n) is 3.69. The van der Waals surface area contributed by atoms with Crippen LogP contribution in [-0.2, 0) is 4.79 Å². The molecule has 0 aliphatic carbocycles. The molecule has 0 saturated heterocycles. The Bertz CT molecular complexity index is 1330. The first-order valence-electron chi connectivity index (χ1n) is 11.1. The second kappa shape index (κ2) is 10.0. The number of nitrogens with zero attached hydrogens (tertiary/aromatic N) is 2. The molecule has 0 unspecified atom stereocenters. The van der Waals surface area contributed by atoms with Crippen molar-refractivity contribution in [2.75, 3.05) is 5.32 Å². The normalized spacial score (nSPS) is 12.9. The van der Waals surface area contributed by atoms with E-state index in [9.17, 15) is 9.59 Å². The molecule has 33 heavy (non-hydrogen) atoms. The molecule has 5 nitrogen and oxygen atoms in total. The van der Waals surface area contributed by atoms with Crippen LogP contribution < -0.4 is 10.9 Å². The molecule has 6 heteroatoms. The Labute approximate surface area is 197 Å². The molecule has 4 aromatic rings. The van der Waals surface area contributed by atoms with Crippen molar-refractivity contribution < 1.29 is 4.79 Å². The summed E-state index contributed by atoms with van der Waals surface area (Å²) in [5.74, 6) is -0.138. The minimum atomic E-state index is -0.447. The van der Waals surface area contributed by atoms with Crippen molar-refractivity contribution in [3.63, 3.8) is 0 Å². The van der Waals surface area contributed by atoms with Gasteiger partial charge in [-0.1, -0.05) is 79.3 Å². The van der Waals surface area contributed by atoms with E-state index in [1.54, 1.807) is 10.6 Å². The molecule has 0 bridgehead atoms. The van der Waals surface area contributed by atoms with Crippen LogP contribution in [0, 0.1) is 0 Å². The maximum atomic E-state index is 13.2. The molecule has 0 fully saturated rings. The average Bonchev–Trinajstić information content (AvgIpc) is 2.84. The van der Waals surface area contributed by atoms with E-state index < -0.39 is 5.25 Å². The maximum absolute atomic E-state index is 13.2. The highest BCUT2D eigenvalue weighted by atomic mass is 32.2. The smallest absolute Gasteiger partial charge is 0.262 e. The van der Waals surface area contributed by atoms with Crippen molar-refractivity contribution in [1.82, 2.24) is 9.55 Å². The quantitative estimate of drug-likeness (QED) is 0.267. The third-order valence-electron chi connectivity index (χ3n) is 5.73. The van der Waals surface area contributed by atoms with E-state index in [1.165, 1.54) is 11.8 Å². The van der Waals surface area contributed by atoms with Gasteiger partial charge in [0.2, 0.25) is 5.91 Å². The monoisotopic (exact) mass is 457 g/mol. The lowest BCUT2D eigenvalue weighted by Gasteiger charge is -2.20. The number of hydrogen-bond donors (Lipinski definition) is 1. The summed E-state index contributed by atoms with van der Waals surface area (Å²) in [6.07, 6.45) is 0.790. The van der Waals surface area contributed by atoms with Crippen LogP contribution in [-0.4, -0.2) is 20.7 Å². The van der Waals surface area contributed by atoms with Crippen molar-refractivity contribution in [3.8, 4) is 11.1 Å². The summed E-state index contributed by atoms with van der Waals surface area (Å²) in [6.45, 7) is 5.88. The van der Waals surface area contributed by atoms with E-state index >= 15 is 0 Å². The van der Waals surface area contributed by atoms with Crippen molar-refractivity contribution in [1.29, 1.82) is 0 Å². The number of hydrogen-bond acceptors (Lipinski definition) is 4. The zero-order valence-electron chi connectivity index (χ0n) is 19.0. The van der Waals surface area contributed by atoms with Gasteiger partial charge in [0.05, 0.1) is 16.2 Å². The molecule has 1 N–H and O–H groups in total. The van der Waals surface area contributed by atoms with Gasteiger partial charge in [-0.15, -0.1) is 0 Å². The molecule has 0 aliphatic rings. The highest BCUT2D eigenvalue weighted by molar-refractivity contribution is 8.00. The molecule has 0 spiro atoms. The molecule has 2 atom stereocenters. The summed E-state index contributed by atoms with van der Waals surface area (Å²) in [7, 11) is 0.